The van der Waals surface area contributed by atoms with Gasteiger partial charge in [0.2, 0.25) is 0 Å². The molecule has 0 radical (unpaired) electrons. The number of nitrogens with zero attached hydrogens (tertiary/aromatic N) is 1. The van der Waals surface area contributed by atoms with Crippen molar-refractivity contribution in [3.05, 3.63) is 0 Å². The number of aliphatic carboxylic acids is 1. The fourth-order valence-electron chi connectivity index (χ4n) is 2.96. The van der Waals surface area contributed by atoms with E-state index in [4.69, 9.17) is 9.84 Å². The van der Waals surface area contributed by atoms with E-state index in [0.717, 1.165) is 19.4 Å². The lowest BCUT2D eigenvalue weighted by Crippen LogP contribution is -2.51. The molecule has 0 aromatic rings. The normalized spacial score (nSPS) is 34.0. The van der Waals surface area contributed by atoms with Crippen LogP contribution in [0.2, 0.25) is 0 Å². The Hall–Kier alpha value is -1.30. The largest absolute Gasteiger partial charge is 0.479 e. The van der Waals surface area contributed by atoms with E-state index in [0.29, 0.717) is 25.3 Å². The number of hydrogen-bond donors (Lipinski definition) is 2. The fraction of sp³-hybridized carbons (Fsp3) is 0.857. The third-order valence-electron chi connectivity index (χ3n) is 4.50. The number of carboxylic acid groups (broad SMARTS) is 1. The number of ether oxygens (including phenoxy) is 1. The van der Waals surface area contributed by atoms with Crippen LogP contribution in [-0.4, -0.2) is 53.3 Å². The van der Waals surface area contributed by atoms with Crippen LogP contribution >= 0.6 is 0 Å². The van der Waals surface area contributed by atoms with Crippen molar-refractivity contribution in [2.45, 2.75) is 57.8 Å². The maximum Gasteiger partial charge on any atom is 0.332 e. The molecular weight excluding hydrogens is 260 g/mol. The Morgan fingerprint density at radius 1 is 1.30 bits per heavy atom. The number of amides is 2. The van der Waals surface area contributed by atoms with Crippen LogP contribution in [0.1, 0.15) is 39.5 Å². The number of carbonyl (C=O) groups is 2. The Balaban J connectivity index is 1.76. The molecule has 2 heterocycles. The number of carboxylic acids is 1. The molecule has 0 saturated carbocycles. The van der Waals surface area contributed by atoms with Crippen LogP contribution in [0.4, 0.5) is 4.79 Å². The standard InChI is InChI=1S/C14H24N2O4/c1-9-4-3-7-16(10(9)2)14(19)15-8-11-5-6-12(20-11)13(17)18/h9-12H,3-8H2,1-2H3,(H,15,19)(H,17,18). The number of nitrogens with one attached hydrogen (secondary N) is 1. The topological polar surface area (TPSA) is 78.9 Å². The third-order valence-corrected chi connectivity index (χ3v) is 4.50. The summed E-state index contributed by atoms with van der Waals surface area (Å²) in [7, 11) is 0. The van der Waals surface area contributed by atoms with E-state index < -0.39 is 12.1 Å². The van der Waals surface area contributed by atoms with E-state index >= 15 is 0 Å². The molecule has 2 aliphatic rings. The van der Waals surface area contributed by atoms with Crippen molar-refractivity contribution in [1.82, 2.24) is 10.2 Å². The Morgan fingerprint density at radius 3 is 2.70 bits per heavy atom. The van der Waals surface area contributed by atoms with Gasteiger partial charge in [-0.15, -0.1) is 0 Å². The van der Waals surface area contributed by atoms with Crippen LogP contribution in [0.5, 0.6) is 0 Å². The molecular formula is C14H24N2O4. The minimum atomic E-state index is -0.919. The number of carbonyl (C=O) groups excluding carboxylic acids is 1. The average molecular weight is 284 g/mol. The molecule has 6 heteroatoms. The summed E-state index contributed by atoms with van der Waals surface area (Å²) in [6.45, 7) is 5.43. The Labute approximate surface area is 119 Å². The molecule has 4 unspecified atom stereocenters. The maximum absolute atomic E-state index is 12.2. The van der Waals surface area contributed by atoms with E-state index in [1.54, 1.807) is 0 Å². The summed E-state index contributed by atoms with van der Waals surface area (Å²) in [5.74, 6) is -0.397. The lowest BCUT2D eigenvalue weighted by Gasteiger charge is -2.38. The van der Waals surface area contributed by atoms with Crippen LogP contribution in [-0.2, 0) is 9.53 Å². The molecule has 114 valence electrons. The third kappa shape index (κ3) is 3.42. The lowest BCUT2D eigenvalue weighted by atomic mass is 9.92. The van der Waals surface area contributed by atoms with Gasteiger partial charge in [-0.25, -0.2) is 9.59 Å². The zero-order valence-electron chi connectivity index (χ0n) is 12.2. The molecule has 2 N–H and O–H groups in total. The first-order valence-corrected chi connectivity index (χ1v) is 7.41. The second-order valence-corrected chi connectivity index (χ2v) is 5.90. The number of rotatable bonds is 3. The van der Waals surface area contributed by atoms with Crippen LogP contribution in [0.3, 0.4) is 0 Å². The Kier molecular flexibility index (Phi) is 4.86. The number of piperidine rings is 1. The Bertz CT molecular complexity index is 374. The predicted octanol–water partition coefficient (Wildman–Crippen LogP) is 1.45. The molecule has 0 aromatic heterocycles. The second-order valence-electron chi connectivity index (χ2n) is 5.90. The molecule has 2 rings (SSSR count). The van der Waals surface area contributed by atoms with Crippen molar-refractivity contribution >= 4 is 12.0 Å². The first-order chi connectivity index (χ1) is 9.49. The van der Waals surface area contributed by atoms with Crippen LogP contribution in [0.15, 0.2) is 0 Å². The first-order valence-electron chi connectivity index (χ1n) is 7.41. The number of urea groups is 1. The monoisotopic (exact) mass is 284 g/mol. The average Bonchev–Trinajstić information content (AvgIpc) is 2.88. The molecule has 2 fully saturated rings. The fourth-order valence-corrected chi connectivity index (χ4v) is 2.96. The van der Waals surface area contributed by atoms with Crippen molar-refractivity contribution in [2.75, 3.05) is 13.1 Å². The molecule has 20 heavy (non-hydrogen) atoms. The van der Waals surface area contributed by atoms with Gasteiger partial charge >= 0.3 is 12.0 Å². The molecule has 2 amide bonds. The minimum absolute atomic E-state index is 0.0635. The van der Waals surface area contributed by atoms with Gasteiger partial charge in [0.15, 0.2) is 6.10 Å². The van der Waals surface area contributed by atoms with Gasteiger partial charge in [0, 0.05) is 19.1 Å². The zero-order valence-corrected chi connectivity index (χ0v) is 12.2. The van der Waals surface area contributed by atoms with Gasteiger partial charge in [-0.1, -0.05) is 6.92 Å². The molecule has 2 aliphatic heterocycles. The summed E-state index contributed by atoms with van der Waals surface area (Å²) in [5.41, 5.74) is 0. The van der Waals surface area contributed by atoms with Crippen molar-refractivity contribution in [2.24, 2.45) is 5.92 Å². The smallest absolute Gasteiger partial charge is 0.332 e. The molecule has 0 aromatic carbocycles. The molecule has 4 atom stereocenters. The zero-order chi connectivity index (χ0) is 14.7. The van der Waals surface area contributed by atoms with Crippen LogP contribution < -0.4 is 5.32 Å². The van der Waals surface area contributed by atoms with Crippen LogP contribution in [0, 0.1) is 5.92 Å². The van der Waals surface area contributed by atoms with E-state index in [1.807, 2.05) is 4.90 Å². The summed E-state index contributed by atoms with van der Waals surface area (Å²) >= 11 is 0. The summed E-state index contributed by atoms with van der Waals surface area (Å²) in [6, 6.07) is 0.187. The van der Waals surface area contributed by atoms with Gasteiger partial charge in [-0.3, -0.25) is 0 Å². The van der Waals surface area contributed by atoms with Crippen molar-refractivity contribution in [3.8, 4) is 0 Å². The molecule has 2 saturated heterocycles. The SMILES string of the molecule is CC1CCCN(C(=O)NCC2CCC(C(=O)O)O2)C1C. The highest BCUT2D eigenvalue weighted by molar-refractivity contribution is 5.75. The molecule has 6 nitrogen and oxygen atoms in total. The quantitative estimate of drug-likeness (QED) is 0.822. The van der Waals surface area contributed by atoms with Crippen LogP contribution in [0.25, 0.3) is 0 Å². The first kappa shape index (κ1) is 15.1. The lowest BCUT2D eigenvalue weighted by molar-refractivity contribution is -0.149. The van der Waals surface area contributed by atoms with E-state index in [-0.39, 0.29) is 18.2 Å². The highest BCUT2D eigenvalue weighted by atomic mass is 16.5. The minimum Gasteiger partial charge on any atom is -0.479 e. The van der Waals surface area contributed by atoms with Crippen molar-refractivity contribution in [3.63, 3.8) is 0 Å². The highest BCUT2D eigenvalue weighted by Crippen LogP contribution is 2.23. The van der Waals surface area contributed by atoms with Gasteiger partial charge in [0.1, 0.15) is 0 Å². The van der Waals surface area contributed by atoms with Gasteiger partial charge in [0.25, 0.3) is 0 Å². The van der Waals surface area contributed by atoms with Crippen molar-refractivity contribution < 1.29 is 19.4 Å². The molecule has 0 spiro atoms. The molecule has 0 bridgehead atoms. The van der Waals surface area contributed by atoms with E-state index in [2.05, 4.69) is 19.2 Å². The summed E-state index contributed by atoms with van der Waals surface area (Å²) in [6.07, 6.45) is 2.51. The van der Waals surface area contributed by atoms with Gasteiger partial charge in [0.05, 0.1) is 6.10 Å². The van der Waals surface area contributed by atoms with Gasteiger partial charge in [-0.2, -0.15) is 0 Å². The summed E-state index contributed by atoms with van der Waals surface area (Å²) in [5, 5.41) is 11.7. The predicted molar refractivity (Wildman–Crippen MR) is 73.5 cm³/mol. The van der Waals surface area contributed by atoms with Gasteiger partial charge in [-0.05, 0) is 38.5 Å². The second kappa shape index (κ2) is 6.43. The highest BCUT2D eigenvalue weighted by Gasteiger charge is 2.32. The van der Waals surface area contributed by atoms with Crippen molar-refractivity contribution in [1.29, 1.82) is 0 Å². The summed E-state index contributed by atoms with van der Waals surface area (Å²) < 4.78 is 5.38. The summed E-state index contributed by atoms with van der Waals surface area (Å²) in [4.78, 5) is 24.8. The van der Waals surface area contributed by atoms with E-state index in [1.165, 1.54) is 0 Å². The molecule has 0 aliphatic carbocycles. The van der Waals surface area contributed by atoms with Gasteiger partial charge < -0.3 is 20.1 Å². The number of likely N-dealkylation sites (tertiary alicyclic amines) is 1. The van der Waals surface area contributed by atoms with E-state index in [9.17, 15) is 9.59 Å². The number of hydrogen-bond acceptors (Lipinski definition) is 3. The Morgan fingerprint density at radius 2 is 2.05 bits per heavy atom. The maximum atomic E-state index is 12.2.